The van der Waals surface area contributed by atoms with Gasteiger partial charge in [0.15, 0.2) is 0 Å². The summed E-state index contributed by atoms with van der Waals surface area (Å²) >= 11 is 0. The highest BCUT2D eigenvalue weighted by Gasteiger charge is 2.26. The van der Waals surface area contributed by atoms with E-state index in [4.69, 9.17) is 0 Å². The van der Waals surface area contributed by atoms with Gasteiger partial charge in [0.2, 0.25) is 0 Å². The van der Waals surface area contributed by atoms with E-state index in [0.717, 1.165) is 0 Å². The molecule has 57 valence electrons. The van der Waals surface area contributed by atoms with Gasteiger partial charge in [-0.3, -0.25) is 4.99 Å². The van der Waals surface area contributed by atoms with Crippen molar-refractivity contribution >= 4 is 17.5 Å². The fraction of sp³-hybridized carbons (Fsp3) is 0.100. The Morgan fingerprint density at radius 2 is 2.50 bits per heavy atom. The smallest absolute Gasteiger partial charge is 0.145 e. The predicted molar refractivity (Wildman–Crippen MR) is 49.2 cm³/mol. The molecule has 0 amide bonds. The van der Waals surface area contributed by atoms with Gasteiger partial charge in [0.25, 0.3) is 0 Å². The lowest BCUT2D eigenvalue weighted by Crippen LogP contribution is -2.07. The maximum absolute atomic E-state index is 4.27. The first-order valence-corrected chi connectivity index (χ1v) is 3.95. The molecule has 1 radical (unpaired) electrons. The third kappa shape index (κ3) is 0.619. The van der Waals surface area contributed by atoms with E-state index in [9.17, 15) is 0 Å². The Kier molecular flexibility index (Phi) is 0.987. The van der Waals surface area contributed by atoms with Gasteiger partial charge in [0.05, 0.1) is 0 Å². The van der Waals surface area contributed by atoms with Crippen LogP contribution in [0.4, 0.5) is 5.69 Å². The highest BCUT2D eigenvalue weighted by atomic mass is 15.1. The summed E-state index contributed by atoms with van der Waals surface area (Å²) < 4.78 is 0. The summed E-state index contributed by atoms with van der Waals surface area (Å²) in [7, 11) is 0. The van der Waals surface area contributed by atoms with Crippen LogP contribution in [0.3, 0.4) is 0 Å². The number of rotatable bonds is 0. The van der Waals surface area contributed by atoms with E-state index >= 15 is 0 Å². The molecule has 0 aliphatic carbocycles. The van der Waals surface area contributed by atoms with Crippen molar-refractivity contribution in [1.82, 2.24) is 0 Å². The Bertz CT molecular complexity index is 391. The molecule has 0 aromatic heterocycles. The summed E-state index contributed by atoms with van der Waals surface area (Å²) in [6, 6.07) is 9.02. The van der Waals surface area contributed by atoms with Gasteiger partial charge < -0.3 is 5.32 Å². The Morgan fingerprint density at radius 3 is 3.50 bits per heavy atom. The first-order valence-electron chi connectivity index (χ1n) is 3.95. The standard InChI is InChI=1S/C10H7N2/c1-2-4-9-7(3-1)8-5-6-11-10(8)12-9/h2-6,10,12H. The fourth-order valence-corrected chi connectivity index (χ4v) is 1.68. The zero-order valence-corrected chi connectivity index (χ0v) is 6.41. The van der Waals surface area contributed by atoms with Crippen molar-refractivity contribution in [2.45, 2.75) is 6.17 Å². The highest BCUT2D eigenvalue weighted by Crippen LogP contribution is 2.36. The first kappa shape index (κ1) is 6.00. The molecule has 0 fully saturated rings. The lowest BCUT2D eigenvalue weighted by atomic mass is 10.1. The average molecular weight is 155 g/mol. The van der Waals surface area contributed by atoms with Crippen LogP contribution in [0.5, 0.6) is 0 Å². The van der Waals surface area contributed by atoms with Crippen LogP contribution in [0.25, 0.3) is 5.57 Å². The van der Waals surface area contributed by atoms with Crippen LogP contribution in [0, 0.1) is 6.07 Å². The van der Waals surface area contributed by atoms with Crippen LogP contribution >= 0.6 is 0 Å². The third-order valence-corrected chi connectivity index (χ3v) is 2.25. The molecule has 1 aromatic carbocycles. The van der Waals surface area contributed by atoms with Crippen molar-refractivity contribution in [1.29, 1.82) is 0 Å². The van der Waals surface area contributed by atoms with Crippen LogP contribution in [0.15, 0.2) is 29.3 Å². The number of fused-ring (bicyclic) bond motifs is 3. The van der Waals surface area contributed by atoms with E-state index in [1.165, 1.54) is 16.8 Å². The summed E-state index contributed by atoms with van der Waals surface area (Å²) in [5, 5.41) is 3.31. The van der Waals surface area contributed by atoms with Crippen LogP contribution in [0.2, 0.25) is 0 Å². The summed E-state index contributed by atoms with van der Waals surface area (Å²) in [5.74, 6) is 0. The first-order chi connectivity index (χ1) is 5.95. The molecule has 2 heteroatoms. The zero-order chi connectivity index (χ0) is 7.97. The summed E-state index contributed by atoms with van der Waals surface area (Å²) in [6.45, 7) is 0. The molecule has 0 saturated carbocycles. The maximum atomic E-state index is 4.27. The molecule has 2 nitrogen and oxygen atoms in total. The monoisotopic (exact) mass is 155 g/mol. The molecule has 2 heterocycles. The number of nitrogens with zero attached hydrogens (tertiary/aromatic N) is 1. The molecule has 1 aromatic rings. The number of anilines is 1. The molecule has 0 bridgehead atoms. The van der Waals surface area contributed by atoms with Gasteiger partial charge in [-0.2, -0.15) is 0 Å². The van der Waals surface area contributed by atoms with Gasteiger partial charge >= 0.3 is 0 Å². The van der Waals surface area contributed by atoms with Crippen molar-refractivity contribution < 1.29 is 0 Å². The minimum absolute atomic E-state index is 0.163. The average Bonchev–Trinajstić information content (AvgIpc) is 2.62. The molecule has 1 atom stereocenters. The number of allylic oxidation sites excluding steroid dienone is 1. The van der Waals surface area contributed by atoms with E-state index in [-0.39, 0.29) is 6.17 Å². The van der Waals surface area contributed by atoms with Crippen LogP contribution < -0.4 is 5.32 Å². The van der Waals surface area contributed by atoms with Gasteiger partial charge in [-0.1, -0.05) is 6.07 Å². The van der Waals surface area contributed by atoms with Gasteiger partial charge in [0, 0.05) is 23.0 Å². The number of aliphatic imine (C=N–C) groups is 1. The van der Waals surface area contributed by atoms with Crippen molar-refractivity contribution in [3.8, 4) is 0 Å². The van der Waals surface area contributed by atoms with Gasteiger partial charge in [0.1, 0.15) is 6.17 Å². The van der Waals surface area contributed by atoms with Crippen molar-refractivity contribution in [2.75, 3.05) is 5.32 Å². The Morgan fingerprint density at radius 1 is 1.50 bits per heavy atom. The minimum Gasteiger partial charge on any atom is -0.360 e. The summed E-state index contributed by atoms with van der Waals surface area (Å²) in [6.07, 6.45) is 4.07. The molecule has 12 heavy (non-hydrogen) atoms. The van der Waals surface area contributed by atoms with Gasteiger partial charge in [-0.05, 0) is 24.3 Å². The topological polar surface area (TPSA) is 24.4 Å². The van der Waals surface area contributed by atoms with E-state index in [1.54, 1.807) is 0 Å². The quantitative estimate of drug-likeness (QED) is 0.606. The fourth-order valence-electron chi connectivity index (χ4n) is 1.68. The second kappa shape index (κ2) is 1.97. The molecule has 1 unspecified atom stereocenters. The molecule has 3 rings (SSSR count). The SMILES string of the molecule is [c]1ccc2c(c1)C1=CC=NC1N2. The normalized spacial score (nSPS) is 23.0. The van der Waals surface area contributed by atoms with E-state index in [0.29, 0.717) is 0 Å². The van der Waals surface area contributed by atoms with Gasteiger partial charge in [-0.25, -0.2) is 0 Å². The second-order valence-corrected chi connectivity index (χ2v) is 2.94. The Hall–Kier alpha value is -1.57. The minimum atomic E-state index is 0.163. The molecule has 2 aliphatic heterocycles. The molecule has 2 aliphatic rings. The van der Waals surface area contributed by atoms with Crippen molar-refractivity contribution in [3.63, 3.8) is 0 Å². The third-order valence-electron chi connectivity index (χ3n) is 2.25. The lowest BCUT2D eigenvalue weighted by Gasteiger charge is -2.01. The number of hydrogen-bond acceptors (Lipinski definition) is 2. The van der Waals surface area contributed by atoms with Crippen LogP contribution in [-0.2, 0) is 0 Å². The molecular weight excluding hydrogens is 148 g/mol. The predicted octanol–water partition coefficient (Wildman–Crippen LogP) is 1.71. The number of hydrogen-bond donors (Lipinski definition) is 1. The molecule has 1 N–H and O–H groups in total. The maximum Gasteiger partial charge on any atom is 0.145 e. The van der Waals surface area contributed by atoms with E-state index in [1.807, 2.05) is 24.4 Å². The van der Waals surface area contributed by atoms with Crippen molar-refractivity contribution in [3.05, 3.63) is 35.9 Å². The van der Waals surface area contributed by atoms with Gasteiger partial charge in [-0.15, -0.1) is 0 Å². The zero-order valence-electron chi connectivity index (χ0n) is 6.41. The van der Waals surface area contributed by atoms with Crippen LogP contribution in [-0.4, -0.2) is 12.4 Å². The van der Waals surface area contributed by atoms with E-state index in [2.05, 4.69) is 22.5 Å². The van der Waals surface area contributed by atoms with E-state index < -0.39 is 0 Å². The highest BCUT2D eigenvalue weighted by molar-refractivity contribution is 5.98. The Balaban J connectivity index is 2.23. The van der Waals surface area contributed by atoms with Crippen molar-refractivity contribution in [2.24, 2.45) is 4.99 Å². The lowest BCUT2D eigenvalue weighted by molar-refractivity contribution is 1.02. The summed E-state index contributed by atoms with van der Waals surface area (Å²) in [4.78, 5) is 4.27. The Labute approximate surface area is 70.6 Å². The van der Waals surface area contributed by atoms with Crippen LogP contribution in [0.1, 0.15) is 5.56 Å². The number of benzene rings is 1. The molecule has 0 saturated heterocycles. The molecular formula is C10H7N2. The number of nitrogens with one attached hydrogen (secondary N) is 1. The largest absolute Gasteiger partial charge is 0.360 e. The summed E-state index contributed by atoms with van der Waals surface area (Å²) in [5.41, 5.74) is 3.67. The molecule has 0 spiro atoms. The second-order valence-electron chi connectivity index (χ2n) is 2.94.